The number of nitrogen functional groups attached to an aromatic ring is 1. The van der Waals surface area contributed by atoms with E-state index in [1.54, 1.807) is 0 Å². The fourth-order valence-electron chi connectivity index (χ4n) is 6.36. The standard InChI is InChI=1S/C27H31ClF3N7/c1-37(13-16-2-4-17(10-16)38-7-6-19-25(32)33-14-34-26(19)38)18-8-15(9-18)3-5-24-35-22-11-20(27(29,30)31)21(28)12-23(22)36-24/h6-7,11-12,14-18H,2-5,8-10,13H2,1H3,(H,35,36)(H2,32,33,34)/t15-,16-,17+,18+/m1/s1. The van der Waals surface area contributed by atoms with Gasteiger partial charge in [0.1, 0.15) is 23.6 Å². The predicted molar refractivity (Wildman–Crippen MR) is 142 cm³/mol. The molecule has 2 fully saturated rings. The first-order valence-electron chi connectivity index (χ1n) is 13.2. The van der Waals surface area contributed by atoms with Crippen molar-refractivity contribution in [3.8, 4) is 0 Å². The smallest absolute Gasteiger partial charge is 0.383 e. The van der Waals surface area contributed by atoms with Gasteiger partial charge in [-0.1, -0.05) is 11.6 Å². The number of benzene rings is 1. The van der Waals surface area contributed by atoms with Crippen LogP contribution < -0.4 is 5.73 Å². The molecule has 202 valence electrons. The van der Waals surface area contributed by atoms with Crippen LogP contribution >= 0.6 is 11.6 Å². The lowest BCUT2D eigenvalue weighted by molar-refractivity contribution is -0.137. The van der Waals surface area contributed by atoms with Gasteiger partial charge in [0, 0.05) is 31.2 Å². The van der Waals surface area contributed by atoms with E-state index in [1.807, 2.05) is 6.07 Å². The number of rotatable bonds is 7. The highest BCUT2D eigenvalue weighted by atomic mass is 35.5. The number of imidazole rings is 1. The topological polar surface area (TPSA) is 88.7 Å². The Morgan fingerprint density at radius 3 is 2.76 bits per heavy atom. The van der Waals surface area contributed by atoms with Crippen LogP contribution in [0.2, 0.25) is 5.02 Å². The summed E-state index contributed by atoms with van der Waals surface area (Å²) >= 11 is 5.84. The largest absolute Gasteiger partial charge is 0.417 e. The van der Waals surface area contributed by atoms with Gasteiger partial charge in [-0.15, -0.1) is 0 Å². The van der Waals surface area contributed by atoms with Crippen LogP contribution in [0.1, 0.15) is 56.0 Å². The Bertz CT molecular complexity index is 1460. The van der Waals surface area contributed by atoms with E-state index >= 15 is 0 Å². The van der Waals surface area contributed by atoms with Crippen LogP contribution in [0.15, 0.2) is 30.7 Å². The Morgan fingerprint density at radius 1 is 1.16 bits per heavy atom. The maximum absolute atomic E-state index is 13.1. The van der Waals surface area contributed by atoms with Crippen LogP contribution in [-0.4, -0.2) is 49.0 Å². The molecule has 0 unspecified atom stereocenters. The summed E-state index contributed by atoms with van der Waals surface area (Å²) < 4.78 is 41.7. The van der Waals surface area contributed by atoms with E-state index in [-0.39, 0.29) is 5.02 Å². The zero-order valence-corrected chi connectivity index (χ0v) is 21.9. The summed E-state index contributed by atoms with van der Waals surface area (Å²) in [4.78, 5) is 18.6. The van der Waals surface area contributed by atoms with Crippen molar-refractivity contribution in [2.75, 3.05) is 19.3 Å². The maximum atomic E-state index is 13.1. The fraction of sp³-hybridized carbons (Fsp3) is 0.519. The molecule has 6 rings (SSSR count). The summed E-state index contributed by atoms with van der Waals surface area (Å²) in [5, 5.41) is 0.616. The molecular weight excluding hydrogens is 515 g/mol. The highest BCUT2D eigenvalue weighted by Gasteiger charge is 2.36. The van der Waals surface area contributed by atoms with Crippen LogP contribution in [0.4, 0.5) is 19.0 Å². The fourth-order valence-corrected chi connectivity index (χ4v) is 6.64. The first-order chi connectivity index (χ1) is 18.2. The number of nitrogens with one attached hydrogen (secondary N) is 1. The average Bonchev–Trinajstić information content (AvgIpc) is 3.55. The summed E-state index contributed by atoms with van der Waals surface area (Å²) in [6.07, 6.45) is 6.62. The van der Waals surface area contributed by atoms with Crippen molar-refractivity contribution in [3.63, 3.8) is 0 Å². The second-order valence-corrected chi connectivity index (χ2v) is 11.5. The van der Waals surface area contributed by atoms with Gasteiger partial charge in [-0.2, -0.15) is 13.2 Å². The second-order valence-electron chi connectivity index (χ2n) is 11.1. The van der Waals surface area contributed by atoms with Crippen molar-refractivity contribution in [2.24, 2.45) is 11.8 Å². The molecular formula is C27H31ClF3N7. The minimum atomic E-state index is -4.49. The number of aromatic amines is 1. The van der Waals surface area contributed by atoms with Gasteiger partial charge in [0.25, 0.3) is 0 Å². The van der Waals surface area contributed by atoms with E-state index in [9.17, 15) is 13.2 Å². The van der Waals surface area contributed by atoms with E-state index in [0.29, 0.717) is 46.6 Å². The average molecular weight is 546 g/mol. The molecule has 3 aromatic heterocycles. The van der Waals surface area contributed by atoms with E-state index < -0.39 is 11.7 Å². The normalized spacial score (nSPS) is 24.1. The van der Waals surface area contributed by atoms with Crippen molar-refractivity contribution in [3.05, 3.63) is 47.1 Å². The number of aromatic nitrogens is 5. The number of anilines is 1. The third-order valence-electron chi connectivity index (χ3n) is 8.54. The molecule has 3 heterocycles. The zero-order chi connectivity index (χ0) is 26.6. The van der Waals surface area contributed by atoms with E-state index in [2.05, 4.69) is 42.6 Å². The highest BCUT2D eigenvalue weighted by molar-refractivity contribution is 6.32. The summed E-state index contributed by atoms with van der Waals surface area (Å²) in [5.74, 6) is 2.51. The molecule has 11 heteroatoms. The molecule has 2 aliphatic rings. The minimum absolute atomic E-state index is 0.306. The van der Waals surface area contributed by atoms with Crippen molar-refractivity contribution >= 4 is 39.5 Å². The Morgan fingerprint density at radius 2 is 1.97 bits per heavy atom. The SMILES string of the molecule is CN(C[C@@H]1CC[C@H](n2ccc3c(N)ncnc32)C1)[C@H]1C[C@@H](CCc2nc3cc(C(F)(F)F)c(Cl)cc3[nH]2)C1. The van der Waals surface area contributed by atoms with Crippen LogP contribution in [0.5, 0.6) is 0 Å². The quantitative estimate of drug-likeness (QED) is 0.287. The molecule has 4 aromatic rings. The molecule has 38 heavy (non-hydrogen) atoms. The van der Waals surface area contributed by atoms with E-state index in [4.69, 9.17) is 17.3 Å². The molecule has 7 nitrogen and oxygen atoms in total. The van der Waals surface area contributed by atoms with E-state index in [0.717, 1.165) is 62.2 Å². The summed E-state index contributed by atoms with van der Waals surface area (Å²) in [6.45, 7) is 1.09. The lowest BCUT2D eigenvalue weighted by atomic mass is 9.76. The Balaban J connectivity index is 0.981. The van der Waals surface area contributed by atoms with Crippen molar-refractivity contribution in [1.29, 1.82) is 0 Å². The van der Waals surface area contributed by atoms with Gasteiger partial charge in [0.05, 0.1) is 27.0 Å². The number of hydrogen-bond donors (Lipinski definition) is 2. The van der Waals surface area contributed by atoms with Gasteiger partial charge in [0.2, 0.25) is 0 Å². The number of alkyl halides is 3. The lowest BCUT2D eigenvalue weighted by Crippen LogP contribution is -2.44. The van der Waals surface area contributed by atoms with Crippen LogP contribution in [-0.2, 0) is 12.6 Å². The Hall–Kier alpha value is -2.85. The third-order valence-corrected chi connectivity index (χ3v) is 8.85. The van der Waals surface area contributed by atoms with Gasteiger partial charge in [0.15, 0.2) is 0 Å². The Kier molecular flexibility index (Phi) is 6.50. The van der Waals surface area contributed by atoms with Crippen molar-refractivity contribution in [2.45, 2.75) is 63.2 Å². The molecule has 1 aromatic carbocycles. The monoisotopic (exact) mass is 545 g/mol. The molecule has 2 saturated carbocycles. The highest BCUT2D eigenvalue weighted by Crippen LogP contribution is 2.40. The van der Waals surface area contributed by atoms with Crippen molar-refractivity contribution < 1.29 is 13.2 Å². The Labute approximate surface area is 223 Å². The molecule has 0 aliphatic heterocycles. The number of H-pyrrole nitrogens is 1. The molecule has 0 radical (unpaired) electrons. The summed E-state index contributed by atoms with van der Waals surface area (Å²) in [7, 11) is 2.23. The van der Waals surface area contributed by atoms with Crippen LogP contribution in [0.25, 0.3) is 22.1 Å². The zero-order valence-electron chi connectivity index (χ0n) is 21.2. The number of fused-ring (bicyclic) bond motifs is 2. The van der Waals surface area contributed by atoms with Crippen LogP contribution in [0, 0.1) is 11.8 Å². The molecule has 2 aliphatic carbocycles. The first-order valence-corrected chi connectivity index (χ1v) is 13.6. The number of nitrogens with two attached hydrogens (primary N) is 1. The molecule has 0 bridgehead atoms. The first kappa shape index (κ1) is 25.4. The van der Waals surface area contributed by atoms with Gasteiger partial charge in [-0.05, 0) is 75.6 Å². The number of hydrogen-bond acceptors (Lipinski definition) is 5. The third kappa shape index (κ3) is 4.84. The lowest BCUT2D eigenvalue weighted by Gasteiger charge is -2.42. The van der Waals surface area contributed by atoms with Gasteiger partial charge in [-0.25, -0.2) is 15.0 Å². The van der Waals surface area contributed by atoms with Crippen LogP contribution in [0.3, 0.4) is 0 Å². The minimum Gasteiger partial charge on any atom is -0.383 e. The second kappa shape index (κ2) is 9.72. The molecule has 3 N–H and O–H groups in total. The molecule has 0 amide bonds. The van der Waals surface area contributed by atoms with Gasteiger partial charge >= 0.3 is 6.18 Å². The number of halogens is 4. The molecule has 2 atom stereocenters. The maximum Gasteiger partial charge on any atom is 0.417 e. The number of nitrogens with zero attached hydrogens (tertiary/aromatic N) is 5. The number of aryl methyl sites for hydroxylation is 1. The summed E-state index contributed by atoms with van der Waals surface area (Å²) in [6, 6.07) is 5.39. The van der Waals surface area contributed by atoms with Gasteiger partial charge in [-0.3, -0.25) is 0 Å². The molecule has 0 spiro atoms. The molecule has 0 saturated heterocycles. The van der Waals surface area contributed by atoms with Crippen molar-refractivity contribution in [1.82, 2.24) is 29.4 Å². The summed E-state index contributed by atoms with van der Waals surface area (Å²) in [5.41, 5.74) is 6.94. The van der Waals surface area contributed by atoms with Gasteiger partial charge < -0.3 is 20.2 Å². The predicted octanol–water partition coefficient (Wildman–Crippen LogP) is 6.25. The van der Waals surface area contributed by atoms with E-state index in [1.165, 1.54) is 18.8 Å².